The maximum absolute atomic E-state index is 13.3. The van der Waals surface area contributed by atoms with E-state index in [4.69, 9.17) is 5.73 Å². The van der Waals surface area contributed by atoms with Gasteiger partial charge in [0.25, 0.3) is 11.5 Å². The standard InChI is InChI=1S/C28H22FN9O2/c1-36-14-20(12-33-36)19-10-23(25(30)31-11-19)18-4-8-22(9-5-18)35-26(39)24-15-37(13-17-2-6-21(29)7-3-17)28-32-16-34-38(28)27(24)40/h2-12,14-16H,13H2,1H3,(H2,30,31)(H,35,39). The average molecular weight is 536 g/mol. The molecule has 0 atom stereocenters. The van der Waals surface area contributed by atoms with Crippen molar-refractivity contribution < 1.29 is 9.18 Å². The average Bonchev–Trinajstić information content (AvgIpc) is 3.62. The molecule has 0 unspecified atom stereocenters. The largest absolute Gasteiger partial charge is 0.383 e. The van der Waals surface area contributed by atoms with Gasteiger partial charge in [0.05, 0.1) is 12.7 Å². The number of nitrogens with one attached hydrogen (secondary N) is 1. The number of rotatable bonds is 6. The smallest absolute Gasteiger partial charge is 0.288 e. The third-order valence-electron chi connectivity index (χ3n) is 6.42. The summed E-state index contributed by atoms with van der Waals surface area (Å²) >= 11 is 0. The molecule has 198 valence electrons. The third-order valence-corrected chi connectivity index (χ3v) is 6.42. The Hall–Kier alpha value is -5.65. The fraction of sp³-hybridized carbons (Fsp3) is 0.0714. The number of hydrogen-bond acceptors (Lipinski definition) is 7. The van der Waals surface area contributed by atoms with E-state index in [-0.39, 0.29) is 23.7 Å². The van der Waals surface area contributed by atoms with Gasteiger partial charge in [-0.3, -0.25) is 14.3 Å². The number of carbonyl (C=O) groups excluding carboxylic acids is 1. The Morgan fingerprint density at radius 1 is 0.950 bits per heavy atom. The Bertz CT molecular complexity index is 1920. The van der Waals surface area contributed by atoms with Crippen LogP contribution >= 0.6 is 0 Å². The zero-order valence-corrected chi connectivity index (χ0v) is 21.2. The van der Waals surface area contributed by atoms with Crippen LogP contribution < -0.4 is 16.6 Å². The molecule has 0 fully saturated rings. The minimum absolute atomic E-state index is 0.123. The van der Waals surface area contributed by atoms with Crippen molar-refractivity contribution in [2.75, 3.05) is 11.1 Å². The number of aryl methyl sites for hydroxylation is 1. The molecule has 4 heterocycles. The topological polar surface area (TPSA) is 138 Å². The van der Waals surface area contributed by atoms with E-state index in [9.17, 15) is 14.0 Å². The minimum atomic E-state index is -0.609. The van der Waals surface area contributed by atoms with Crippen molar-refractivity contribution in [2.45, 2.75) is 6.54 Å². The molecule has 40 heavy (non-hydrogen) atoms. The molecule has 1 amide bonds. The molecule has 4 aromatic heterocycles. The normalized spacial score (nSPS) is 11.2. The Kier molecular flexibility index (Phi) is 6.11. The van der Waals surface area contributed by atoms with Gasteiger partial charge in [0.2, 0.25) is 5.78 Å². The number of hydrogen-bond donors (Lipinski definition) is 2. The van der Waals surface area contributed by atoms with E-state index in [2.05, 4.69) is 25.5 Å². The molecule has 6 rings (SSSR count). The Morgan fingerprint density at radius 2 is 1.73 bits per heavy atom. The lowest BCUT2D eigenvalue weighted by Crippen LogP contribution is -2.29. The first kappa shape index (κ1) is 24.7. The predicted octanol–water partition coefficient (Wildman–Crippen LogP) is 3.38. The van der Waals surface area contributed by atoms with Crippen LogP contribution in [0.25, 0.3) is 28.0 Å². The second kappa shape index (κ2) is 9.91. The second-order valence-corrected chi connectivity index (χ2v) is 9.17. The number of amides is 1. The van der Waals surface area contributed by atoms with E-state index in [1.54, 1.807) is 45.9 Å². The SMILES string of the molecule is Cn1cc(-c2cnc(N)c(-c3ccc(NC(=O)c4cn(Cc5ccc(F)cc5)c5ncnn5c4=O)cc3)c2)cn1. The fourth-order valence-corrected chi connectivity index (χ4v) is 4.38. The number of anilines is 2. The predicted molar refractivity (Wildman–Crippen MR) is 147 cm³/mol. The summed E-state index contributed by atoms with van der Waals surface area (Å²) in [7, 11) is 1.84. The zero-order chi connectivity index (χ0) is 27.8. The highest BCUT2D eigenvalue weighted by Crippen LogP contribution is 2.30. The maximum Gasteiger partial charge on any atom is 0.288 e. The highest BCUT2D eigenvalue weighted by atomic mass is 19.1. The van der Waals surface area contributed by atoms with E-state index in [1.807, 2.05) is 31.4 Å². The van der Waals surface area contributed by atoms with Crippen molar-refractivity contribution >= 4 is 23.2 Å². The van der Waals surface area contributed by atoms with Crippen molar-refractivity contribution in [3.63, 3.8) is 0 Å². The Labute approximate surface area is 226 Å². The summed E-state index contributed by atoms with van der Waals surface area (Å²) in [5, 5.41) is 10.9. The van der Waals surface area contributed by atoms with Crippen LogP contribution in [0.15, 0.2) is 90.5 Å². The van der Waals surface area contributed by atoms with E-state index < -0.39 is 11.5 Å². The first-order valence-electron chi connectivity index (χ1n) is 12.2. The molecular formula is C28H22FN9O2. The maximum atomic E-state index is 13.3. The van der Waals surface area contributed by atoms with Crippen LogP contribution in [0.1, 0.15) is 15.9 Å². The van der Waals surface area contributed by atoms with Crippen molar-refractivity contribution in [1.82, 2.24) is 33.9 Å². The molecule has 0 radical (unpaired) electrons. The van der Waals surface area contributed by atoms with E-state index in [1.165, 1.54) is 24.7 Å². The molecule has 0 spiro atoms. The fourth-order valence-electron chi connectivity index (χ4n) is 4.38. The number of nitrogens with zero attached hydrogens (tertiary/aromatic N) is 7. The highest BCUT2D eigenvalue weighted by Gasteiger charge is 2.18. The van der Waals surface area contributed by atoms with Crippen molar-refractivity contribution in [3.8, 4) is 22.3 Å². The lowest BCUT2D eigenvalue weighted by Gasteiger charge is -2.12. The molecule has 12 heteroatoms. The van der Waals surface area contributed by atoms with Crippen molar-refractivity contribution in [3.05, 3.63) is 113 Å². The van der Waals surface area contributed by atoms with Gasteiger partial charge in [-0.05, 0) is 41.5 Å². The van der Waals surface area contributed by atoms with E-state index in [0.29, 0.717) is 11.5 Å². The molecule has 11 nitrogen and oxygen atoms in total. The van der Waals surface area contributed by atoms with Gasteiger partial charge in [-0.15, -0.1) is 0 Å². The minimum Gasteiger partial charge on any atom is -0.383 e. The van der Waals surface area contributed by atoms with Gasteiger partial charge in [-0.1, -0.05) is 24.3 Å². The third kappa shape index (κ3) is 4.69. The van der Waals surface area contributed by atoms with E-state index >= 15 is 0 Å². The number of pyridine rings is 1. The molecule has 0 aliphatic carbocycles. The summed E-state index contributed by atoms with van der Waals surface area (Å²) in [6.45, 7) is 0.255. The first-order valence-corrected chi connectivity index (χ1v) is 12.2. The number of nitrogens with two attached hydrogens (primary N) is 1. The van der Waals surface area contributed by atoms with Crippen molar-refractivity contribution in [2.24, 2.45) is 7.05 Å². The van der Waals surface area contributed by atoms with Gasteiger partial charge < -0.3 is 15.6 Å². The number of fused-ring (bicyclic) bond motifs is 1. The molecule has 0 aliphatic heterocycles. The second-order valence-electron chi connectivity index (χ2n) is 9.17. The summed E-state index contributed by atoms with van der Waals surface area (Å²) in [6, 6.07) is 14.9. The summed E-state index contributed by atoms with van der Waals surface area (Å²) in [6.07, 6.45) is 8.00. The van der Waals surface area contributed by atoms with Crippen LogP contribution in [-0.2, 0) is 13.6 Å². The molecule has 6 aromatic rings. The summed E-state index contributed by atoms with van der Waals surface area (Å²) < 4.78 is 17.7. The van der Waals surface area contributed by atoms with E-state index in [0.717, 1.165) is 32.3 Å². The van der Waals surface area contributed by atoms with Crippen LogP contribution in [-0.4, -0.2) is 39.8 Å². The Balaban J connectivity index is 1.26. The molecule has 0 bridgehead atoms. The summed E-state index contributed by atoms with van der Waals surface area (Å²) in [4.78, 5) is 34.7. The molecule has 3 N–H and O–H groups in total. The van der Waals surface area contributed by atoms with Gasteiger partial charge in [-0.2, -0.15) is 19.7 Å². The number of aromatic nitrogens is 7. The highest BCUT2D eigenvalue weighted by molar-refractivity contribution is 6.04. The van der Waals surface area contributed by atoms with Crippen LogP contribution in [0, 0.1) is 5.82 Å². The molecule has 0 aliphatic rings. The molecular weight excluding hydrogens is 513 g/mol. The zero-order valence-electron chi connectivity index (χ0n) is 21.2. The van der Waals surface area contributed by atoms with Crippen LogP contribution in [0.5, 0.6) is 0 Å². The number of nitrogen functional groups attached to an aromatic ring is 1. The van der Waals surface area contributed by atoms with Gasteiger partial charge >= 0.3 is 0 Å². The van der Waals surface area contributed by atoms with Gasteiger partial charge in [-0.25, -0.2) is 9.37 Å². The molecule has 2 aromatic carbocycles. The van der Waals surface area contributed by atoms with Gasteiger partial charge in [0.1, 0.15) is 23.5 Å². The summed E-state index contributed by atoms with van der Waals surface area (Å²) in [5.74, 6) is -0.340. The Morgan fingerprint density at radius 3 is 2.45 bits per heavy atom. The number of carbonyl (C=O) groups is 1. The van der Waals surface area contributed by atoms with Crippen molar-refractivity contribution in [1.29, 1.82) is 0 Å². The lowest BCUT2D eigenvalue weighted by molar-refractivity contribution is 0.102. The first-order chi connectivity index (χ1) is 19.4. The number of halogens is 1. The van der Waals surface area contributed by atoms with Crippen LogP contribution in [0.3, 0.4) is 0 Å². The molecule has 0 saturated heterocycles. The van der Waals surface area contributed by atoms with Crippen LogP contribution in [0.4, 0.5) is 15.9 Å². The monoisotopic (exact) mass is 535 g/mol. The summed E-state index contributed by atoms with van der Waals surface area (Å²) in [5.41, 5.74) is 9.99. The van der Waals surface area contributed by atoms with Gasteiger partial charge in [0.15, 0.2) is 0 Å². The van der Waals surface area contributed by atoms with Gasteiger partial charge in [0, 0.05) is 48.0 Å². The quantitative estimate of drug-likeness (QED) is 0.333. The molecule has 0 saturated carbocycles. The lowest BCUT2D eigenvalue weighted by atomic mass is 10.0. The number of benzene rings is 2. The van der Waals surface area contributed by atoms with Crippen LogP contribution in [0.2, 0.25) is 0 Å².